The number of likely N-dealkylation sites (tertiary alicyclic amines) is 1. The van der Waals surface area contributed by atoms with Crippen molar-refractivity contribution in [1.29, 1.82) is 0 Å². The fourth-order valence-electron chi connectivity index (χ4n) is 3.47. The van der Waals surface area contributed by atoms with Crippen molar-refractivity contribution in [1.82, 2.24) is 19.4 Å². The number of imidazole rings is 1. The predicted molar refractivity (Wildman–Crippen MR) is 90.0 cm³/mol. The molecule has 0 saturated carbocycles. The molecule has 0 amide bonds. The molecule has 0 spiro atoms. The maximum atomic E-state index is 10.3. The molecule has 0 bridgehead atoms. The third-order valence-electron chi connectivity index (χ3n) is 4.55. The average Bonchev–Trinajstić information content (AvgIpc) is 2.95. The minimum Gasteiger partial charge on any atom is -0.506 e. The monoisotopic (exact) mass is 308 g/mol. The fraction of sp³-hybridized carbons (Fsp3) is 0.333. The molecular weight excluding hydrogens is 288 g/mol. The smallest absolute Gasteiger partial charge is 0.164 e. The van der Waals surface area contributed by atoms with Crippen molar-refractivity contribution in [3.05, 3.63) is 48.4 Å². The SMILES string of the molecule is CN1CCCC(c2nc3cccnc3n2-c2ccccc2O)C1. The number of phenols is 1. The number of phenolic OH excluding ortho intramolecular Hbond substituents is 1. The van der Waals surface area contributed by atoms with Gasteiger partial charge in [0.2, 0.25) is 0 Å². The van der Waals surface area contributed by atoms with Crippen molar-refractivity contribution in [2.24, 2.45) is 0 Å². The summed E-state index contributed by atoms with van der Waals surface area (Å²) < 4.78 is 2.02. The molecule has 0 radical (unpaired) electrons. The van der Waals surface area contributed by atoms with Gasteiger partial charge in [-0.1, -0.05) is 12.1 Å². The van der Waals surface area contributed by atoms with Gasteiger partial charge in [0.25, 0.3) is 0 Å². The molecule has 3 heterocycles. The molecule has 5 nitrogen and oxygen atoms in total. The Labute approximate surface area is 135 Å². The number of rotatable bonds is 2. The van der Waals surface area contributed by atoms with E-state index >= 15 is 0 Å². The van der Waals surface area contributed by atoms with Crippen molar-refractivity contribution in [2.45, 2.75) is 18.8 Å². The van der Waals surface area contributed by atoms with Crippen LogP contribution in [0.5, 0.6) is 5.75 Å². The third-order valence-corrected chi connectivity index (χ3v) is 4.55. The van der Waals surface area contributed by atoms with Crippen LogP contribution >= 0.6 is 0 Å². The number of benzene rings is 1. The number of para-hydroxylation sites is 2. The van der Waals surface area contributed by atoms with E-state index in [9.17, 15) is 5.11 Å². The van der Waals surface area contributed by atoms with Gasteiger partial charge in [-0.3, -0.25) is 4.57 Å². The van der Waals surface area contributed by atoms with Crippen molar-refractivity contribution in [3.8, 4) is 11.4 Å². The summed E-state index contributed by atoms with van der Waals surface area (Å²) in [4.78, 5) is 11.7. The first-order chi connectivity index (χ1) is 11.2. The predicted octanol–water partition coefficient (Wildman–Crippen LogP) is 2.94. The maximum absolute atomic E-state index is 10.3. The zero-order valence-electron chi connectivity index (χ0n) is 13.2. The first-order valence-electron chi connectivity index (χ1n) is 8.04. The standard InChI is InChI=1S/C18H20N4O/c1-21-11-5-6-13(12-21)17-20-14-7-4-10-19-18(14)22(17)15-8-2-3-9-16(15)23/h2-4,7-10,13,23H,5-6,11-12H2,1H3. The summed E-state index contributed by atoms with van der Waals surface area (Å²) in [6.45, 7) is 2.11. The van der Waals surface area contributed by atoms with Crippen LogP contribution in [0.1, 0.15) is 24.6 Å². The first-order valence-corrected chi connectivity index (χ1v) is 8.04. The van der Waals surface area contributed by atoms with E-state index in [1.807, 2.05) is 34.9 Å². The number of hydrogen-bond donors (Lipinski definition) is 1. The van der Waals surface area contributed by atoms with Crippen LogP contribution in [0, 0.1) is 0 Å². The molecule has 0 aliphatic carbocycles. The molecule has 1 fully saturated rings. The van der Waals surface area contributed by atoms with Crippen LogP contribution in [0.3, 0.4) is 0 Å². The lowest BCUT2D eigenvalue weighted by Gasteiger charge is -2.29. The zero-order chi connectivity index (χ0) is 15.8. The number of hydrogen-bond acceptors (Lipinski definition) is 4. The molecule has 23 heavy (non-hydrogen) atoms. The van der Waals surface area contributed by atoms with Gasteiger partial charge in [0.1, 0.15) is 17.1 Å². The molecule has 1 unspecified atom stereocenters. The summed E-state index contributed by atoms with van der Waals surface area (Å²) in [5.41, 5.74) is 2.42. The Morgan fingerprint density at radius 2 is 2.04 bits per heavy atom. The largest absolute Gasteiger partial charge is 0.506 e. The van der Waals surface area contributed by atoms with E-state index in [4.69, 9.17) is 4.98 Å². The molecule has 1 atom stereocenters. The molecule has 1 aliphatic rings. The van der Waals surface area contributed by atoms with E-state index < -0.39 is 0 Å². The Morgan fingerprint density at radius 3 is 2.87 bits per heavy atom. The van der Waals surface area contributed by atoms with Crippen LogP contribution < -0.4 is 0 Å². The highest BCUT2D eigenvalue weighted by Gasteiger charge is 2.26. The molecule has 1 saturated heterocycles. The van der Waals surface area contributed by atoms with Crippen molar-refractivity contribution in [2.75, 3.05) is 20.1 Å². The van der Waals surface area contributed by atoms with E-state index in [2.05, 4.69) is 16.9 Å². The highest BCUT2D eigenvalue weighted by molar-refractivity contribution is 5.75. The summed E-state index contributed by atoms with van der Waals surface area (Å²) in [6, 6.07) is 11.3. The second-order valence-corrected chi connectivity index (χ2v) is 6.24. The van der Waals surface area contributed by atoms with Gasteiger partial charge in [0.05, 0.1) is 5.69 Å². The first kappa shape index (κ1) is 14.2. The van der Waals surface area contributed by atoms with Gasteiger partial charge >= 0.3 is 0 Å². The summed E-state index contributed by atoms with van der Waals surface area (Å²) in [5, 5.41) is 10.3. The second kappa shape index (κ2) is 5.66. The van der Waals surface area contributed by atoms with E-state index in [-0.39, 0.29) is 5.75 Å². The van der Waals surface area contributed by atoms with Gasteiger partial charge in [0, 0.05) is 18.7 Å². The second-order valence-electron chi connectivity index (χ2n) is 6.24. The van der Waals surface area contributed by atoms with Gasteiger partial charge < -0.3 is 10.0 Å². The molecule has 4 rings (SSSR count). The lowest BCUT2D eigenvalue weighted by Crippen LogP contribution is -2.32. The third kappa shape index (κ3) is 2.47. The molecule has 1 aromatic carbocycles. The Bertz CT molecular complexity index is 842. The number of piperidine rings is 1. The number of pyridine rings is 1. The van der Waals surface area contributed by atoms with Crippen molar-refractivity contribution in [3.63, 3.8) is 0 Å². The molecule has 118 valence electrons. The summed E-state index contributed by atoms with van der Waals surface area (Å²) in [7, 11) is 2.15. The van der Waals surface area contributed by atoms with Gasteiger partial charge in [-0.05, 0) is 50.7 Å². The lowest BCUT2D eigenvalue weighted by molar-refractivity contribution is 0.245. The molecule has 1 aliphatic heterocycles. The average molecular weight is 308 g/mol. The normalized spacial score (nSPS) is 19.3. The number of likely N-dealkylation sites (N-methyl/N-ethyl adjacent to an activating group) is 1. The van der Waals surface area contributed by atoms with E-state index in [0.717, 1.165) is 42.2 Å². The topological polar surface area (TPSA) is 54.2 Å². The lowest BCUT2D eigenvalue weighted by atomic mass is 9.97. The minimum atomic E-state index is 0.253. The van der Waals surface area contributed by atoms with Gasteiger partial charge in [-0.25, -0.2) is 9.97 Å². The van der Waals surface area contributed by atoms with E-state index in [1.54, 1.807) is 12.3 Å². The zero-order valence-corrected chi connectivity index (χ0v) is 13.2. The maximum Gasteiger partial charge on any atom is 0.164 e. The van der Waals surface area contributed by atoms with Crippen molar-refractivity contribution >= 4 is 11.2 Å². The summed E-state index contributed by atoms with van der Waals surface area (Å²) in [6.07, 6.45) is 4.05. The van der Waals surface area contributed by atoms with E-state index in [1.165, 1.54) is 6.42 Å². The summed E-state index contributed by atoms with van der Waals surface area (Å²) >= 11 is 0. The molecule has 1 N–H and O–H groups in total. The fourth-order valence-corrected chi connectivity index (χ4v) is 3.47. The van der Waals surface area contributed by atoms with Gasteiger partial charge in [0.15, 0.2) is 5.65 Å². The van der Waals surface area contributed by atoms with Crippen LogP contribution in [0.15, 0.2) is 42.6 Å². The van der Waals surface area contributed by atoms with Gasteiger partial charge in [-0.2, -0.15) is 0 Å². The number of aromatic nitrogens is 3. The number of aromatic hydroxyl groups is 1. The highest BCUT2D eigenvalue weighted by Crippen LogP contribution is 2.33. The van der Waals surface area contributed by atoms with E-state index in [0.29, 0.717) is 5.92 Å². The van der Waals surface area contributed by atoms with Crippen LogP contribution in [0.4, 0.5) is 0 Å². The Kier molecular flexibility index (Phi) is 3.50. The van der Waals surface area contributed by atoms with Crippen molar-refractivity contribution < 1.29 is 5.11 Å². The Morgan fingerprint density at radius 1 is 1.17 bits per heavy atom. The highest BCUT2D eigenvalue weighted by atomic mass is 16.3. The Hall–Kier alpha value is -2.40. The van der Waals surface area contributed by atoms with Crippen LogP contribution in [0.25, 0.3) is 16.9 Å². The summed E-state index contributed by atoms with van der Waals surface area (Å²) in [5.74, 6) is 1.59. The minimum absolute atomic E-state index is 0.253. The van der Waals surface area contributed by atoms with Gasteiger partial charge in [-0.15, -0.1) is 0 Å². The van der Waals surface area contributed by atoms with Crippen LogP contribution in [-0.2, 0) is 0 Å². The molecule has 5 heteroatoms. The molecule has 3 aromatic rings. The molecular formula is C18H20N4O. The van der Waals surface area contributed by atoms with Crippen LogP contribution in [-0.4, -0.2) is 44.7 Å². The Balaban J connectivity index is 1.93. The number of fused-ring (bicyclic) bond motifs is 1. The number of nitrogens with zero attached hydrogens (tertiary/aromatic N) is 4. The van der Waals surface area contributed by atoms with Crippen LogP contribution in [0.2, 0.25) is 0 Å². The quantitative estimate of drug-likeness (QED) is 0.791. The molecule has 2 aromatic heterocycles.